The summed E-state index contributed by atoms with van der Waals surface area (Å²) in [5.74, 6) is 0.427. The Morgan fingerprint density at radius 3 is 2.95 bits per heavy atom. The maximum atomic E-state index is 12.1. The fraction of sp³-hybridized carbons (Fsp3) is 0.400. The molecule has 19 heavy (non-hydrogen) atoms. The summed E-state index contributed by atoms with van der Waals surface area (Å²) in [5, 5.41) is 13.6. The molecule has 0 aliphatic heterocycles. The van der Waals surface area contributed by atoms with E-state index >= 15 is 0 Å². The van der Waals surface area contributed by atoms with E-state index in [1.165, 1.54) is 11.3 Å². The van der Waals surface area contributed by atoms with Crippen molar-refractivity contribution in [1.29, 1.82) is 0 Å². The molecule has 1 aromatic carbocycles. The molecule has 1 fully saturated rings. The second-order valence-corrected chi connectivity index (χ2v) is 6.28. The van der Waals surface area contributed by atoms with Gasteiger partial charge in [0.05, 0.1) is 11.0 Å². The minimum atomic E-state index is -0.175. The standard InChI is InChI=1S/C15H17NO2S/c17-12-6-5-10(7-12)9-16-15(18)14-8-11-3-1-2-4-13(11)19-14/h1-4,8,10,12,17H,5-7,9H2,(H,16,18). The summed E-state index contributed by atoms with van der Waals surface area (Å²) in [7, 11) is 0. The number of hydrogen-bond donors (Lipinski definition) is 2. The average molecular weight is 275 g/mol. The van der Waals surface area contributed by atoms with Gasteiger partial charge in [-0.25, -0.2) is 0 Å². The number of carbonyl (C=O) groups is 1. The van der Waals surface area contributed by atoms with Gasteiger partial charge in [-0.2, -0.15) is 0 Å². The lowest BCUT2D eigenvalue weighted by molar-refractivity contribution is 0.0949. The van der Waals surface area contributed by atoms with Crippen molar-refractivity contribution in [3.05, 3.63) is 35.2 Å². The van der Waals surface area contributed by atoms with Crippen LogP contribution in [-0.2, 0) is 0 Å². The molecule has 1 amide bonds. The van der Waals surface area contributed by atoms with Gasteiger partial charge in [0.15, 0.2) is 0 Å². The summed E-state index contributed by atoms with van der Waals surface area (Å²) in [6.07, 6.45) is 2.51. The van der Waals surface area contributed by atoms with Crippen molar-refractivity contribution >= 4 is 27.3 Å². The lowest BCUT2D eigenvalue weighted by Crippen LogP contribution is -2.28. The van der Waals surface area contributed by atoms with E-state index in [0.717, 1.165) is 34.2 Å². The van der Waals surface area contributed by atoms with E-state index in [1.807, 2.05) is 30.3 Å². The Balaban J connectivity index is 1.63. The first-order valence-electron chi connectivity index (χ1n) is 6.67. The van der Waals surface area contributed by atoms with Gasteiger partial charge in [0.2, 0.25) is 0 Å². The third-order valence-corrected chi connectivity index (χ3v) is 4.83. The first-order chi connectivity index (χ1) is 9.22. The molecule has 0 spiro atoms. The largest absolute Gasteiger partial charge is 0.393 e. The van der Waals surface area contributed by atoms with Crippen LogP contribution in [-0.4, -0.2) is 23.7 Å². The Bertz CT molecular complexity index is 560. The Hall–Kier alpha value is -1.39. The van der Waals surface area contributed by atoms with Gasteiger partial charge in [-0.15, -0.1) is 11.3 Å². The van der Waals surface area contributed by atoms with Crippen molar-refractivity contribution in [3.63, 3.8) is 0 Å². The van der Waals surface area contributed by atoms with E-state index in [2.05, 4.69) is 5.32 Å². The third-order valence-electron chi connectivity index (χ3n) is 3.71. The molecule has 1 aliphatic carbocycles. The molecule has 1 aliphatic rings. The zero-order valence-corrected chi connectivity index (χ0v) is 11.5. The van der Waals surface area contributed by atoms with Crippen LogP contribution in [0.25, 0.3) is 10.1 Å². The van der Waals surface area contributed by atoms with Crippen molar-refractivity contribution in [3.8, 4) is 0 Å². The molecule has 100 valence electrons. The van der Waals surface area contributed by atoms with Crippen molar-refractivity contribution in [2.24, 2.45) is 5.92 Å². The topological polar surface area (TPSA) is 49.3 Å². The summed E-state index contributed by atoms with van der Waals surface area (Å²) in [6.45, 7) is 0.671. The van der Waals surface area contributed by atoms with Crippen LogP contribution in [0.4, 0.5) is 0 Å². The highest BCUT2D eigenvalue weighted by Gasteiger charge is 2.23. The molecule has 0 bridgehead atoms. The number of thiophene rings is 1. The SMILES string of the molecule is O=C(NCC1CCC(O)C1)c1cc2ccccc2s1. The number of benzene rings is 1. The highest BCUT2D eigenvalue weighted by atomic mass is 32.1. The Kier molecular flexibility index (Phi) is 3.53. The summed E-state index contributed by atoms with van der Waals surface area (Å²) < 4.78 is 1.14. The molecule has 4 heteroatoms. The molecule has 2 atom stereocenters. The molecule has 1 heterocycles. The van der Waals surface area contributed by atoms with Crippen LogP contribution in [0.3, 0.4) is 0 Å². The van der Waals surface area contributed by atoms with E-state index < -0.39 is 0 Å². The average Bonchev–Trinajstić information content (AvgIpc) is 3.01. The summed E-state index contributed by atoms with van der Waals surface area (Å²) in [4.78, 5) is 12.9. The first-order valence-corrected chi connectivity index (χ1v) is 7.49. The number of aliphatic hydroxyl groups excluding tert-OH is 1. The van der Waals surface area contributed by atoms with E-state index in [0.29, 0.717) is 12.5 Å². The molecule has 0 radical (unpaired) electrons. The number of fused-ring (bicyclic) bond motifs is 1. The quantitative estimate of drug-likeness (QED) is 0.905. The molecular weight excluding hydrogens is 258 g/mol. The minimum absolute atomic E-state index is 0.00240. The van der Waals surface area contributed by atoms with Crippen LogP contribution in [0.5, 0.6) is 0 Å². The van der Waals surface area contributed by atoms with Gasteiger partial charge in [0.1, 0.15) is 0 Å². The van der Waals surface area contributed by atoms with Gasteiger partial charge in [-0.3, -0.25) is 4.79 Å². The first kappa shape index (κ1) is 12.6. The second kappa shape index (κ2) is 5.31. The molecule has 3 rings (SSSR count). The van der Waals surface area contributed by atoms with Crippen molar-refractivity contribution in [1.82, 2.24) is 5.32 Å². The van der Waals surface area contributed by atoms with Gasteiger partial charge in [-0.1, -0.05) is 18.2 Å². The van der Waals surface area contributed by atoms with Crippen LogP contribution in [0.2, 0.25) is 0 Å². The Morgan fingerprint density at radius 2 is 2.21 bits per heavy atom. The maximum absolute atomic E-state index is 12.1. The van der Waals surface area contributed by atoms with Gasteiger partial charge in [0.25, 0.3) is 5.91 Å². The normalized spacial score (nSPS) is 22.8. The van der Waals surface area contributed by atoms with E-state index in [4.69, 9.17) is 0 Å². The van der Waals surface area contributed by atoms with Crippen molar-refractivity contribution < 1.29 is 9.90 Å². The number of carbonyl (C=O) groups excluding carboxylic acids is 1. The van der Waals surface area contributed by atoms with Gasteiger partial charge in [-0.05, 0) is 42.7 Å². The third kappa shape index (κ3) is 2.80. The minimum Gasteiger partial charge on any atom is -0.393 e. The van der Waals surface area contributed by atoms with Crippen LogP contribution >= 0.6 is 11.3 Å². The predicted octanol–water partition coefficient (Wildman–Crippen LogP) is 2.79. The number of rotatable bonds is 3. The molecule has 1 aromatic heterocycles. The summed E-state index contributed by atoms with van der Waals surface area (Å²) >= 11 is 1.53. The summed E-state index contributed by atoms with van der Waals surface area (Å²) in [6, 6.07) is 9.97. The number of amides is 1. The number of nitrogens with one attached hydrogen (secondary N) is 1. The molecule has 2 aromatic rings. The Morgan fingerprint density at radius 1 is 1.37 bits per heavy atom. The monoisotopic (exact) mass is 275 g/mol. The van der Waals surface area contributed by atoms with Gasteiger partial charge >= 0.3 is 0 Å². The van der Waals surface area contributed by atoms with E-state index in [-0.39, 0.29) is 12.0 Å². The lowest BCUT2D eigenvalue weighted by Gasteiger charge is -2.09. The zero-order valence-electron chi connectivity index (χ0n) is 10.6. The molecule has 2 unspecified atom stereocenters. The molecule has 2 N–H and O–H groups in total. The maximum Gasteiger partial charge on any atom is 0.261 e. The second-order valence-electron chi connectivity index (χ2n) is 5.19. The van der Waals surface area contributed by atoms with Crippen LogP contribution < -0.4 is 5.32 Å². The predicted molar refractivity (Wildman–Crippen MR) is 77.5 cm³/mol. The summed E-state index contributed by atoms with van der Waals surface area (Å²) in [5.41, 5.74) is 0. The van der Waals surface area contributed by atoms with Crippen LogP contribution in [0.1, 0.15) is 28.9 Å². The van der Waals surface area contributed by atoms with Crippen LogP contribution in [0.15, 0.2) is 30.3 Å². The van der Waals surface area contributed by atoms with Crippen LogP contribution in [0, 0.1) is 5.92 Å². The Labute approximate surface area is 116 Å². The number of hydrogen-bond acceptors (Lipinski definition) is 3. The zero-order chi connectivity index (χ0) is 13.2. The van der Waals surface area contributed by atoms with Gasteiger partial charge < -0.3 is 10.4 Å². The van der Waals surface area contributed by atoms with Crippen molar-refractivity contribution in [2.75, 3.05) is 6.54 Å². The number of aliphatic hydroxyl groups is 1. The van der Waals surface area contributed by atoms with Gasteiger partial charge in [0, 0.05) is 11.2 Å². The fourth-order valence-electron chi connectivity index (χ4n) is 2.65. The fourth-order valence-corrected chi connectivity index (χ4v) is 3.63. The molecule has 1 saturated carbocycles. The molecular formula is C15H17NO2S. The highest BCUT2D eigenvalue weighted by molar-refractivity contribution is 7.20. The molecule has 0 saturated heterocycles. The smallest absolute Gasteiger partial charge is 0.261 e. The van der Waals surface area contributed by atoms with E-state index in [1.54, 1.807) is 0 Å². The van der Waals surface area contributed by atoms with Crippen molar-refractivity contribution in [2.45, 2.75) is 25.4 Å². The van der Waals surface area contributed by atoms with E-state index in [9.17, 15) is 9.90 Å². The highest BCUT2D eigenvalue weighted by Crippen LogP contribution is 2.26. The lowest BCUT2D eigenvalue weighted by atomic mass is 10.1. The molecule has 3 nitrogen and oxygen atoms in total.